The van der Waals surface area contributed by atoms with E-state index in [1.807, 2.05) is 43.3 Å². The van der Waals surface area contributed by atoms with Crippen molar-refractivity contribution in [3.63, 3.8) is 0 Å². The molecule has 1 fully saturated rings. The number of piperidine rings is 1. The molecular weight excluding hydrogens is 410 g/mol. The predicted octanol–water partition coefficient (Wildman–Crippen LogP) is 5.00. The summed E-state index contributed by atoms with van der Waals surface area (Å²) in [5, 5.41) is 10.3. The van der Waals surface area contributed by atoms with Gasteiger partial charge in [-0.25, -0.2) is 9.78 Å². The monoisotopic (exact) mass is 437 g/mol. The quantitative estimate of drug-likeness (QED) is 0.528. The number of anilines is 2. The summed E-state index contributed by atoms with van der Waals surface area (Å²) in [4.78, 5) is 19.6. The summed E-state index contributed by atoms with van der Waals surface area (Å²) in [7, 11) is 1.76. The van der Waals surface area contributed by atoms with Crippen LogP contribution in [-0.4, -0.2) is 36.3 Å². The number of methoxy groups -OCH3 is 1. The molecule has 1 aliphatic heterocycles. The number of carboxylic acid groups (broad SMARTS) is 1. The number of aryl methyl sites for hydroxylation is 1. The Hall–Kier alpha value is -2.90. The van der Waals surface area contributed by atoms with Gasteiger partial charge in [-0.3, -0.25) is 0 Å². The van der Waals surface area contributed by atoms with Crippen LogP contribution in [0.4, 0.5) is 11.4 Å². The summed E-state index contributed by atoms with van der Waals surface area (Å²) in [5.41, 5.74) is 9.87. The predicted molar refractivity (Wildman–Crippen MR) is 125 cm³/mol. The van der Waals surface area contributed by atoms with Gasteiger partial charge in [-0.15, -0.1) is 11.3 Å². The maximum Gasteiger partial charge on any atom is 0.335 e. The van der Waals surface area contributed by atoms with E-state index >= 15 is 0 Å². The SMILES string of the molecule is COC(c1sc(-c2ccc(N)cc2)nc1C)C1CCCN(c2cccc(C(=O)O)c2)C1. The van der Waals surface area contributed by atoms with Crippen LogP contribution >= 0.6 is 11.3 Å². The molecule has 3 aromatic rings. The van der Waals surface area contributed by atoms with Gasteiger partial charge < -0.3 is 20.5 Å². The molecule has 0 radical (unpaired) electrons. The van der Waals surface area contributed by atoms with E-state index in [0.29, 0.717) is 11.5 Å². The van der Waals surface area contributed by atoms with Crippen LogP contribution in [-0.2, 0) is 4.74 Å². The summed E-state index contributed by atoms with van der Waals surface area (Å²) in [6, 6.07) is 15.0. The first-order valence-electron chi connectivity index (χ1n) is 10.4. The zero-order chi connectivity index (χ0) is 22.0. The lowest BCUT2D eigenvalue weighted by Crippen LogP contribution is -2.38. The average molecular weight is 438 g/mol. The van der Waals surface area contributed by atoms with Gasteiger partial charge in [-0.2, -0.15) is 0 Å². The van der Waals surface area contributed by atoms with Crippen molar-refractivity contribution in [2.75, 3.05) is 30.8 Å². The average Bonchev–Trinajstić information content (AvgIpc) is 3.16. The molecule has 0 bridgehead atoms. The summed E-state index contributed by atoms with van der Waals surface area (Å²) in [5.74, 6) is -0.605. The van der Waals surface area contributed by atoms with Crippen LogP contribution in [0.2, 0.25) is 0 Å². The molecule has 6 nitrogen and oxygen atoms in total. The van der Waals surface area contributed by atoms with Gasteiger partial charge in [0.1, 0.15) is 5.01 Å². The molecule has 2 atom stereocenters. The normalized spacial score (nSPS) is 17.5. The third-order valence-corrected chi connectivity index (χ3v) is 7.11. The standard InChI is InChI=1S/C24H27N3O3S/c1-15-22(31-23(26-15)16-8-10-19(25)11-9-16)21(30-2)18-6-4-12-27(14-18)20-7-3-5-17(13-20)24(28)29/h3,5,7-11,13,18,21H,4,6,12,14,25H2,1-2H3,(H,28,29). The molecule has 0 aliphatic carbocycles. The second-order valence-corrected chi connectivity index (χ2v) is 8.98. The minimum atomic E-state index is -0.902. The molecule has 31 heavy (non-hydrogen) atoms. The van der Waals surface area contributed by atoms with Gasteiger partial charge in [-0.05, 0) is 62.2 Å². The number of carboxylic acids is 1. The van der Waals surface area contributed by atoms with Gasteiger partial charge in [0.25, 0.3) is 0 Å². The van der Waals surface area contributed by atoms with Crippen LogP contribution in [0.25, 0.3) is 10.6 Å². The van der Waals surface area contributed by atoms with Crippen LogP contribution in [0.3, 0.4) is 0 Å². The van der Waals surface area contributed by atoms with E-state index in [1.54, 1.807) is 30.6 Å². The molecule has 7 heteroatoms. The highest BCUT2D eigenvalue weighted by molar-refractivity contribution is 7.15. The van der Waals surface area contributed by atoms with E-state index in [9.17, 15) is 9.90 Å². The number of benzene rings is 2. The molecule has 0 amide bonds. The molecule has 2 heterocycles. The van der Waals surface area contributed by atoms with Crippen molar-refractivity contribution in [3.8, 4) is 10.6 Å². The lowest BCUT2D eigenvalue weighted by molar-refractivity contribution is 0.0470. The number of thiazole rings is 1. The van der Waals surface area contributed by atoms with E-state index in [1.165, 1.54) is 0 Å². The Morgan fingerprint density at radius 2 is 2.06 bits per heavy atom. The van der Waals surface area contributed by atoms with Crippen molar-refractivity contribution in [1.82, 2.24) is 4.98 Å². The molecule has 1 aliphatic rings. The Morgan fingerprint density at radius 1 is 1.29 bits per heavy atom. The zero-order valence-electron chi connectivity index (χ0n) is 17.7. The highest BCUT2D eigenvalue weighted by Crippen LogP contribution is 2.40. The van der Waals surface area contributed by atoms with E-state index in [0.717, 1.165) is 58.4 Å². The Kier molecular flexibility index (Phi) is 6.25. The number of hydrogen-bond acceptors (Lipinski definition) is 6. The van der Waals surface area contributed by atoms with Crippen LogP contribution < -0.4 is 10.6 Å². The fourth-order valence-corrected chi connectivity index (χ4v) is 5.51. The van der Waals surface area contributed by atoms with Gasteiger partial charge in [0, 0.05) is 43.1 Å². The van der Waals surface area contributed by atoms with Crippen LogP contribution in [0.1, 0.15) is 39.9 Å². The fraction of sp³-hybridized carbons (Fsp3) is 0.333. The molecular formula is C24H27N3O3S. The summed E-state index contributed by atoms with van der Waals surface area (Å²) >= 11 is 1.68. The smallest absolute Gasteiger partial charge is 0.335 e. The number of nitrogen functional groups attached to an aromatic ring is 1. The number of hydrogen-bond donors (Lipinski definition) is 2. The fourth-order valence-electron chi connectivity index (χ4n) is 4.26. The molecule has 4 rings (SSSR count). The Labute approximate surface area is 186 Å². The second kappa shape index (κ2) is 9.08. The molecule has 1 saturated heterocycles. The minimum absolute atomic E-state index is 0.0505. The zero-order valence-corrected chi connectivity index (χ0v) is 18.6. The molecule has 1 aromatic heterocycles. The van der Waals surface area contributed by atoms with Gasteiger partial charge >= 0.3 is 5.97 Å². The van der Waals surface area contributed by atoms with E-state index in [-0.39, 0.29) is 6.10 Å². The first-order chi connectivity index (χ1) is 15.0. The van der Waals surface area contributed by atoms with Crippen molar-refractivity contribution in [2.45, 2.75) is 25.9 Å². The molecule has 0 saturated carbocycles. The Morgan fingerprint density at radius 3 is 2.77 bits per heavy atom. The third-order valence-electron chi connectivity index (χ3n) is 5.85. The van der Waals surface area contributed by atoms with E-state index < -0.39 is 5.97 Å². The number of nitrogens with zero attached hydrogens (tertiary/aromatic N) is 2. The summed E-state index contributed by atoms with van der Waals surface area (Å²) < 4.78 is 6.00. The highest BCUT2D eigenvalue weighted by atomic mass is 32.1. The van der Waals surface area contributed by atoms with Crippen molar-refractivity contribution in [2.24, 2.45) is 5.92 Å². The van der Waals surface area contributed by atoms with Gasteiger partial charge in [-0.1, -0.05) is 6.07 Å². The maximum atomic E-state index is 11.4. The lowest BCUT2D eigenvalue weighted by Gasteiger charge is -2.37. The molecule has 2 aromatic carbocycles. The number of aromatic nitrogens is 1. The van der Waals surface area contributed by atoms with Gasteiger partial charge in [0.05, 0.1) is 22.2 Å². The van der Waals surface area contributed by atoms with E-state index in [2.05, 4.69) is 4.90 Å². The lowest BCUT2D eigenvalue weighted by atomic mass is 9.90. The van der Waals surface area contributed by atoms with Crippen LogP contribution in [0.5, 0.6) is 0 Å². The van der Waals surface area contributed by atoms with Gasteiger partial charge in [0.2, 0.25) is 0 Å². The molecule has 2 unspecified atom stereocenters. The number of carbonyl (C=O) groups is 1. The molecule has 0 spiro atoms. The number of ether oxygens (including phenoxy) is 1. The first-order valence-corrected chi connectivity index (χ1v) is 11.2. The summed E-state index contributed by atoms with van der Waals surface area (Å²) in [6.45, 7) is 3.76. The molecule has 3 N–H and O–H groups in total. The topological polar surface area (TPSA) is 88.7 Å². The first kappa shape index (κ1) is 21.3. The number of rotatable bonds is 6. The van der Waals surface area contributed by atoms with Gasteiger partial charge in [0.15, 0.2) is 0 Å². The number of aromatic carboxylic acids is 1. The second-order valence-electron chi connectivity index (χ2n) is 7.95. The third kappa shape index (κ3) is 4.57. The largest absolute Gasteiger partial charge is 0.478 e. The van der Waals surface area contributed by atoms with Crippen LogP contribution in [0.15, 0.2) is 48.5 Å². The highest BCUT2D eigenvalue weighted by Gasteiger charge is 2.31. The number of nitrogens with two attached hydrogens (primary N) is 1. The van der Waals surface area contributed by atoms with E-state index in [4.69, 9.17) is 15.5 Å². The maximum absolute atomic E-state index is 11.4. The van der Waals surface area contributed by atoms with Crippen molar-refractivity contribution >= 4 is 28.7 Å². The summed E-state index contributed by atoms with van der Waals surface area (Å²) in [6.07, 6.45) is 2.04. The van der Waals surface area contributed by atoms with Crippen molar-refractivity contribution in [1.29, 1.82) is 0 Å². The van der Waals surface area contributed by atoms with Crippen molar-refractivity contribution < 1.29 is 14.6 Å². The minimum Gasteiger partial charge on any atom is -0.478 e. The molecule has 162 valence electrons. The van der Waals surface area contributed by atoms with Crippen LogP contribution in [0, 0.1) is 12.8 Å². The van der Waals surface area contributed by atoms with Crippen molar-refractivity contribution in [3.05, 3.63) is 64.7 Å². The Balaban J connectivity index is 1.57. The Bertz CT molecular complexity index is 1060.